The van der Waals surface area contributed by atoms with Gasteiger partial charge < -0.3 is 13.7 Å². The largest absolute Gasteiger partial charge is 0.444 e. The van der Waals surface area contributed by atoms with Gasteiger partial charge in [-0.05, 0) is 19.2 Å². The molecule has 0 unspecified atom stereocenters. The van der Waals surface area contributed by atoms with Crippen LogP contribution in [0.5, 0.6) is 0 Å². The van der Waals surface area contributed by atoms with Crippen LogP contribution in [0.4, 0.5) is 0 Å². The topological polar surface area (TPSA) is 69.2 Å². The van der Waals surface area contributed by atoms with E-state index in [4.69, 9.17) is 9.15 Å². The predicted octanol–water partition coefficient (Wildman–Crippen LogP) is 2.21. The SMILES string of the molecule is COCCn1cnnc1CN(C)Cc1coc(-c2ccccc2)n1. The number of benzene rings is 1. The Balaban J connectivity index is 1.60. The lowest BCUT2D eigenvalue weighted by molar-refractivity contribution is 0.184. The van der Waals surface area contributed by atoms with E-state index in [-0.39, 0.29) is 0 Å². The van der Waals surface area contributed by atoms with Crippen LogP contribution in [0, 0.1) is 0 Å². The monoisotopic (exact) mass is 327 g/mol. The van der Waals surface area contributed by atoms with Crippen molar-refractivity contribution in [2.45, 2.75) is 19.6 Å². The molecule has 24 heavy (non-hydrogen) atoms. The summed E-state index contributed by atoms with van der Waals surface area (Å²) >= 11 is 0. The van der Waals surface area contributed by atoms with E-state index in [1.165, 1.54) is 0 Å². The van der Waals surface area contributed by atoms with E-state index in [9.17, 15) is 0 Å². The third-order valence-corrected chi connectivity index (χ3v) is 3.65. The maximum Gasteiger partial charge on any atom is 0.226 e. The zero-order valence-electron chi connectivity index (χ0n) is 13.9. The molecule has 0 aliphatic carbocycles. The predicted molar refractivity (Wildman–Crippen MR) is 89.0 cm³/mol. The van der Waals surface area contributed by atoms with Gasteiger partial charge in [0.25, 0.3) is 0 Å². The highest BCUT2D eigenvalue weighted by atomic mass is 16.5. The van der Waals surface area contributed by atoms with Gasteiger partial charge in [0.05, 0.1) is 18.8 Å². The molecule has 0 spiro atoms. The Kier molecular flexibility index (Phi) is 5.35. The van der Waals surface area contributed by atoms with Crippen LogP contribution < -0.4 is 0 Å². The summed E-state index contributed by atoms with van der Waals surface area (Å²) in [7, 11) is 3.71. The molecular weight excluding hydrogens is 306 g/mol. The number of methoxy groups -OCH3 is 1. The second-order valence-corrected chi connectivity index (χ2v) is 5.62. The lowest BCUT2D eigenvalue weighted by Gasteiger charge is -2.15. The summed E-state index contributed by atoms with van der Waals surface area (Å²) in [5.41, 5.74) is 1.87. The molecule has 0 bridgehead atoms. The molecule has 0 amide bonds. The van der Waals surface area contributed by atoms with Crippen molar-refractivity contribution in [1.82, 2.24) is 24.6 Å². The van der Waals surface area contributed by atoms with Crippen molar-refractivity contribution in [3.05, 3.63) is 54.4 Å². The minimum Gasteiger partial charge on any atom is -0.444 e. The first-order valence-corrected chi connectivity index (χ1v) is 7.80. The number of rotatable bonds is 8. The Labute approximate surface area is 140 Å². The Morgan fingerprint density at radius 2 is 2.04 bits per heavy atom. The highest BCUT2D eigenvalue weighted by Crippen LogP contribution is 2.18. The highest BCUT2D eigenvalue weighted by Gasteiger charge is 2.11. The summed E-state index contributed by atoms with van der Waals surface area (Å²) in [6.45, 7) is 2.73. The normalized spacial score (nSPS) is 11.3. The fourth-order valence-electron chi connectivity index (χ4n) is 2.44. The maximum absolute atomic E-state index is 5.58. The van der Waals surface area contributed by atoms with Gasteiger partial charge in [-0.15, -0.1) is 10.2 Å². The average molecular weight is 327 g/mol. The number of ether oxygens (including phenoxy) is 1. The first-order chi connectivity index (χ1) is 11.8. The fourth-order valence-corrected chi connectivity index (χ4v) is 2.44. The molecule has 126 valence electrons. The summed E-state index contributed by atoms with van der Waals surface area (Å²) in [4.78, 5) is 6.68. The van der Waals surface area contributed by atoms with Crippen molar-refractivity contribution in [3.63, 3.8) is 0 Å². The molecule has 1 aromatic carbocycles. The molecule has 0 aliphatic heterocycles. The van der Waals surface area contributed by atoms with Gasteiger partial charge in [0, 0.05) is 25.8 Å². The van der Waals surface area contributed by atoms with Gasteiger partial charge >= 0.3 is 0 Å². The lowest BCUT2D eigenvalue weighted by atomic mass is 10.2. The fraction of sp³-hybridized carbons (Fsp3) is 0.353. The molecule has 7 nitrogen and oxygen atoms in total. The smallest absolute Gasteiger partial charge is 0.226 e. The number of hydrogen-bond donors (Lipinski definition) is 0. The minimum atomic E-state index is 0.637. The van der Waals surface area contributed by atoms with E-state index in [0.717, 1.165) is 23.6 Å². The molecular formula is C17H21N5O2. The van der Waals surface area contributed by atoms with Crippen LogP contribution in [-0.4, -0.2) is 45.4 Å². The van der Waals surface area contributed by atoms with Gasteiger partial charge in [0.15, 0.2) is 0 Å². The van der Waals surface area contributed by atoms with Crippen LogP contribution >= 0.6 is 0 Å². The van der Waals surface area contributed by atoms with E-state index < -0.39 is 0 Å². The van der Waals surface area contributed by atoms with Crippen LogP contribution in [0.2, 0.25) is 0 Å². The number of aromatic nitrogens is 4. The van der Waals surface area contributed by atoms with Crippen LogP contribution in [0.1, 0.15) is 11.5 Å². The summed E-state index contributed by atoms with van der Waals surface area (Å²) in [5, 5.41) is 8.15. The van der Waals surface area contributed by atoms with Gasteiger partial charge in [-0.25, -0.2) is 4.98 Å². The van der Waals surface area contributed by atoms with E-state index in [2.05, 4.69) is 20.1 Å². The minimum absolute atomic E-state index is 0.637. The van der Waals surface area contributed by atoms with Crippen molar-refractivity contribution in [1.29, 1.82) is 0 Å². The lowest BCUT2D eigenvalue weighted by Crippen LogP contribution is -2.21. The van der Waals surface area contributed by atoms with E-state index in [0.29, 0.717) is 25.6 Å². The Morgan fingerprint density at radius 3 is 2.83 bits per heavy atom. The number of oxazole rings is 1. The van der Waals surface area contributed by atoms with Crippen molar-refractivity contribution in [3.8, 4) is 11.5 Å². The highest BCUT2D eigenvalue weighted by molar-refractivity contribution is 5.52. The molecule has 0 saturated heterocycles. The Hall–Kier alpha value is -2.51. The maximum atomic E-state index is 5.58. The molecule has 0 N–H and O–H groups in total. The quantitative estimate of drug-likeness (QED) is 0.632. The van der Waals surface area contributed by atoms with E-state index >= 15 is 0 Å². The van der Waals surface area contributed by atoms with Crippen molar-refractivity contribution >= 4 is 0 Å². The van der Waals surface area contributed by atoms with Crippen LogP contribution in [0.3, 0.4) is 0 Å². The molecule has 0 saturated carbocycles. The molecule has 0 fully saturated rings. The third kappa shape index (κ3) is 4.06. The summed E-state index contributed by atoms with van der Waals surface area (Å²) in [5.74, 6) is 1.54. The Bertz CT molecular complexity index is 753. The van der Waals surface area contributed by atoms with Crippen LogP contribution in [0.25, 0.3) is 11.5 Å². The Morgan fingerprint density at radius 1 is 1.21 bits per heavy atom. The van der Waals surface area contributed by atoms with Gasteiger partial charge in [-0.2, -0.15) is 0 Å². The van der Waals surface area contributed by atoms with E-state index in [1.807, 2.05) is 41.9 Å². The van der Waals surface area contributed by atoms with Gasteiger partial charge in [-0.1, -0.05) is 18.2 Å². The van der Waals surface area contributed by atoms with Gasteiger partial charge in [0.1, 0.15) is 18.4 Å². The summed E-state index contributed by atoms with van der Waals surface area (Å²) < 4.78 is 12.7. The first-order valence-electron chi connectivity index (χ1n) is 7.80. The molecule has 7 heteroatoms. The molecule has 2 aromatic heterocycles. The molecule has 0 aliphatic rings. The molecule has 0 atom stereocenters. The molecule has 3 aromatic rings. The number of nitrogens with zero attached hydrogens (tertiary/aromatic N) is 5. The molecule has 2 heterocycles. The third-order valence-electron chi connectivity index (χ3n) is 3.65. The second-order valence-electron chi connectivity index (χ2n) is 5.62. The van der Waals surface area contributed by atoms with Gasteiger partial charge in [0.2, 0.25) is 5.89 Å². The number of hydrogen-bond acceptors (Lipinski definition) is 6. The van der Waals surface area contributed by atoms with Crippen molar-refractivity contribution in [2.75, 3.05) is 20.8 Å². The standard InChI is InChI=1S/C17H21N5O2/c1-21(11-16-20-18-13-22(16)8-9-23-2)10-15-12-24-17(19-15)14-6-4-3-5-7-14/h3-7,12-13H,8-11H2,1-2H3. The van der Waals surface area contributed by atoms with Crippen LogP contribution in [0.15, 0.2) is 47.3 Å². The summed E-state index contributed by atoms with van der Waals surface area (Å²) in [6, 6.07) is 9.88. The summed E-state index contributed by atoms with van der Waals surface area (Å²) in [6.07, 6.45) is 3.43. The van der Waals surface area contributed by atoms with Crippen molar-refractivity contribution in [2.24, 2.45) is 0 Å². The molecule has 0 radical (unpaired) electrons. The van der Waals surface area contributed by atoms with Crippen LogP contribution in [-0.2, 0) is 24.4 Å². The average Bonchev–Trinajstić information content (AvgIpc) is 3.23. The van der Waals surface area contributed by atoms with E-state index in [1.54, 1.807) is 19.7 Å². The first kappa shape index (κ1) is 16.4. The second kappa shape index (κ2) is 7.85. The zero-order valence-corrected chi connectivity index (χ0v) is 13.9. The zero-order chi connectivity index (χ0) is 16.8. The molecule has 3 rings (SSSR count). The van der Waals surface area contributed by atoms with Gasteiger partial charge in [-0.3, -0.25) is 4.90 Å². The van der Waals surface area contributed by atoms with Crippen molar-refractivity contribution < 1.29 is 9.15 Å².